The van der Waals surface area contributed by atoms with Crippen LogP contribution in [0.4, 0.5) is 10.1 Å². The Bertz CT molecular complexity index is 606. The highest BCUT2D eigenvalue weighted by atomic mass is 32.2. The Hall–Kier alpha value is -1.80. The standard InChI is InChI=1S/C13H14FNO5S/c1-20-13(17)9-4-5-15(12(9)16)11-3-2-8(6-10(11)14)7-21(18)19/h2-3,6,9H,4-5,7H2,1H3,(H,18,19). The molecule has 0 spiro atoms. The van der Waals surface area contributed by atoms with Crippen molar-refractivity contribution in [2.75, 3.05) is 18.6 Å². The molecule has 1 amide bonds. The van der Waals surface area contributed by atoms with Gasteiger partial charge in [0.25, 0.3) is 0 Å². The molecule has 1 aliphatic rings. The number of carbonyl (C=O) groups is 2. The van der Waals surface area contributed by atoms with E-state index in [1.165, 1.54) is 24.1 Å². The zero-order valence-electron chi connectivity index (χ0n) is 11.2. The normalized spacial score (nSPS) is 19.7. The van der Waals surface area contributed by atoms with Gasteiger partial charge in [0.2, 0.25) is 5.91 Å². The van der Waals surface area contributed by atoms with Crippen LogP contribution in [0, 0.1) is 11.7 Å². The van der Waals surface area contributed by atoms with Gasteiger partial charge >= 0.3 is 5.97 Å². The summed E-state index contributed by atoms with van der Waals surface area (Å²) in [6.07, 6.45) is 0.271. The third-order valence-corrected chi connectivity index (χ3v) is 3.86. The molecule has 2 unspecified atom stereocenters. The van der Waals surface area contributed by atoms with Crippen molar-refractivity contribution in [1.82, 2.24) is 0 Å². The molecule has 1 aliphatic heterocycles. The second kappa shape index (κ2) is 6.31. The molecule has 2 atom stereocenters. The SMILES string of the molecule is COC(=O)C1CCN(c2ccc(CS(=O)O)cc2F)C1=O. The van der Waals surface area contributed by atoms with Gasteiger partial charge in [-0.05, 0) is 24.1 Å². The average molecular weight is 315 g/mol. The Morgan fingerprint density at radius 3 is 2.86 bits per heavy atom. The number of hydrogen-bond acceptors (Lipinski definition) is 4. The summed E-state index contributed by atoms with van der Waals surface area (Å²) in [7, 11) is 1.20. The first-order chi connectivity index (χ1) is 9.93. The fourth-order valence-electron chi connectivity index (χ4n) is 2.28. The highest BCUT2D eigenvalue weighted by molar-refractivity contribution is 7.78. The van der Waals surface area contributed by atoms with E-state index in [-0.39, 0.29) is 24.4 Å². The van der Waals surface area contributed by atoms with E-state index in [2.05, 4.69) is 4.74 Å². The van der Waals surface area contributed by atoms with Gasteiger partial charge in [0.1, 0.15) is 11.7 Å². The Morgan fingerprint density at radius 2 is 2.29 bits per heavy atom. The molecule has 1 N–H and O–H groups in total. The quantitative estimate of drug-likeness (QED) is 0.510. The van der Waals surface area contributed by atoms with Crippen LogP contribution < -0.4 is 4.90 Å². The fraction of sp³-hybridized carbons (Fsp3) is 0.385. The summed E-state index contributed by atoms with van der Waals surface area (Å²) >= 11 is -2.06. The molecule has 0 saturated carbocycles. The lowest BCUT2D eigenvalue weighted by atomic mass is 10.1. The summed E-state index contributed by atoms with van der Waals surface area (Å²) in [5.74, 6) is -2.89. The lowest BCUT2D eigenvalue weighted by Gasteiger charge is -2.17. The maximum atomic E-state index is 14.0. The maximum absolute atomic E-state index is 14.0. The number of nitrogens with zero attached hydrogens (tertiary/aromatic N) is 1. The number of hydrogen-bond donors (Lipinski definition) is 1. The molecule has 0 bridgehead atoms. The monoisotopic (exact) mass is 315 g/mol. The van der Waals surface area contributed by atoms with Crippen LogP contribution in [0.15, 0.2) is 18.2 Å². The number of amides is 1. The van der Waals surface area contributed by atoms with E-state index >= 15 is 0 Å². The molecule has 6 nitrogen and oxygen atoms in total. The zero-order valence-corrected chi connectivity index (χ0v) is 12.1. The highest BCUT2D eigenvalue weighted by Crippen LogP contribution is 2.28. The Balaban J connectivity index is 2.21. The number of halogens is 1. The number of esters is 1. The summed E-state index contributed by atoms with van der Waals surface area (Å²) in [6, 6.07) is 3.96. The number of methoxy groups -OCH3 is 1. The van der Waals surface area contributed by atoms with Gasteiger partial charge in [-0.2, -0.15) is 0 Å². The number of rotatable bonds is 4. The Labute approximate surface area is 123 Å². The van der Waals surface area contributed by atoms with Gasteiger partial charge in [-0.15, -0.1) is 0 Å². The van der Waals surface area contributed by atoms with Crippen LogP contribution >= 0.6 is 0 Å². The molecular weight excluding hydrogens is 301 g/mol. The summed E-state index contributed by atoms with van der Waals surface area (Å²) in [6.45, 7) is 0.223. The third-order valence-electron chi connectivity index (χ3n) is 3.28. The van der Waals surface area contributed by atoms with Gasteiger partial charge in [-0.3, -0.25) is 9.59 Å². The number of carbonyl (C=O) groups excluding carboxylic acids is 2. The molecule has 0 aliphatic carbocycles. The second-order valence-corrected chi connectivity index (χ2v) is 5.54. The molecule has 114 valence electrons. The molecule has 1 aromatic carbocycles. The number of ether oxygens (including phenoxy) is 1. The second-order valence-electron chi connectivity index (χ2n) is 4.61. The van der Waals surface area contributed by atoms with E-state index in [9.17, 15) is 18.2 Å². The number of anilines is 1. The van der Waals surface area contributed by atoms with E-state index in [0.29, 0.717) is 5.56 Å². The van der Waals surface area contributed by atoms with Crippen molar-refractivity contribution >= 4 is 28.6 Å². The Kier molecular flexibility index (Phi) is 4.69. The van der Waals surface area contributed by atoms with Crippen LogP contribution in [0.25, 0.3) is 0 Å². The topological polar surface area (TPSA) is 83.9 Å². The summed E-state index contributed by atoms with van der Waals surface area (Å²) in [4.78, 5) is 24.7. The minimum atomic E-state index is -2.06. The van der Waals surface area contributed by atoms with Gasteiger partial charge < -0.3 is 14.2 Å². The maximum Gasteiger partial charge on any atom is 0.318 e. The van der Waals surface area contributed by atoms with Crippen molar-refractivity contribution in [3.63, 3.8) is 0 Å². The van der Waals surface area contributed by atoms with Crippen LogP contribution in [-0.4, -0.2) is 34.3 Å². The van der Waals surface area contributed by atoms with Gasteiger partial charge in [-0.25, -0.2) is 8.60 Å². The molecule has 21 heavy (non-hydrogen) atoms. The summed E-state index contributed by atoms with van der Waals surface area (Å²) in [5, 5.41) is 0. The van der Waals surface area contributed by atoms with E-state index in [1.807, 2.05) is 0 Å². The molecule has 1 heterocycles. The van der Waals surface area contributed by atoms with E-state index in [4.69, 9.17) is 4.55 Å². The van der Waals surface area contributed by atoms with Crippen molar-refractivity contribution in [3.05, 3.63) is 29.6 Å². The lowest BCUT2D eigenvalue weighted by Crippen LogP contribution is -2.31. The van der Waals surface area contributed by atoms with Crippen molar-refractivity contribution < 1.29 is 27.5 Å². The summed E-state index contributed by atoms with van der Waals surface area (Å²) < 4.78 is 38.1. The van der Waals surface area contributed by atoms with Crippen LogP contribution in [0.5, 0.6) is 0 Å². The van der Waals surface area contributed by atoms with Crippen molar-refractivity contribution in [2.24, 2.45) is 5.92 Å². The minimum Gasteiger partial charge on any atom is -0.468 e. The average Bonchev–Trinajstić information content (AvgIpc) is 2.79. The van der Waals surface area contributed by atoms with Gasteiger partial charge in [0.15, 0.2) is 11.1 Å². The van der Waals surface area contributed by atoms with Gasteiger partial charge in [0.05, 0.1) is 18.6 Å². The zero-order chi connectivity index (χ0) is 15.6. The first-order valence-electron chi connectivity index (χ1n) is 6.19. The summed E-state index contributed by atoms with van der Waals surface area (Å²) in [5.41, 5.74) is 0.409. The van der Waals surface area contributed by atoms with E-state index < -0.39 is 34.7 Å². The molecule has 0 aromatic heterocycles. The largest absolute Gasteiger partial charge is 0.468 e. The molecule has 1 fully saturated rings. The van der Waals surface area contributed by atoms with Gasteiger partial charge in [0, 0.05) is 6.54 Å². The fourth-order valence-corrected chi connectivity index (χ4v) is 2.75. The third kappa shape index (κ3) is 3.27. The lowest BCUT2D eigenvalue weighted by molar-refractivity contribution is -0.148. The predicted molar refractivity (Wildman–Crippen MR) is 73.4 cm³/mol. The Morgan fingerprint density at radius 1 is 1.57 bits per heavy atom. The molecule has 1 saturated heterocycles. The highest BCUT2D eigenvalue weighted by Gasteiger charge is 2.39. The molecule has 1 aromatic rings. The van der Waals surface area contributed by atoms with Crippen LogP contribution in [0.2, 0.25) is 0 Å². The van der Waals surface area contributed by atoms with Crippen molar-refractivity contribution in [1.29, 1.82) is 0 Å². The van der Waals surface area contributed by atoms with Crippen molar-refractivity contribution in [3.8, 4) is 0 Å². The molecular formula is C13H14FNO5S. The van der Waals surface area contributed by atoms with E-state index in [0.717, 1.165) is 6.07 Å². The van der Waals surface area contributed by atoms with E-state index in [1.54, 1.807) is 0 Å². The minimum absolute atomic E-state index is 0.0545. The van der Waals surface area contributed by atoms with Crippen LogP contribution in [0.1, 0.15) is 12.0 Å². The molecule has 2 rings (SSSR count). The first kappa shape index (κ1) is 15.6. The predicted octanol–water partition coefficient (Wildman–Crippen LogP) is 1.07. The molecule has 8 heteroatoms. The number of benzene rings is 1. The smallest absolute Gasteiger partial charge is 0.318 e. The first-order valence-corrected chi connectivity index (χ1v) is 7.46. The van der Waals surface area contributed by atoms with Crippen LogP contribution in [0.3, 0.4) is 0 Å². The van der Waals surface area contributed by atoms with Crippen molar-refractivity contribution in [2.45, 2.75) is 12.2 Å². The molecule has 0 radical (unpaired) electrons. The van der Waals surface area contributed by atoms with Crippen LogP contribution in [-0.2, 0) is 31.2 Å². The van der Waals surface area contributed by atoms with Gasteiger partial charge in [-0.1, -0.05) is 6.07 Å².